The molecule has 9 heteroatoms. The molecule has 4 nitrogen and oxygen atoms in total. The second kappa shape index (κ2) is 10.9. The van der Waals surface area contributed by atoms with Crippen molar-refractivity contribution in [3.05, 3.63) is 59.7 Å². The van der Waals surface area contributed by atoms with Crippen LogP contribution in [0.1, 0.15) is 20.7 Å². The van der Waals surface area contributed by atoms with E-state index in [4.69, 9.17) is 5.11 Å². The molecule has 0 saturated carbocycles. The molecule has 27 heavy (non-hydrogen) atoms. The summed E-state index contributed by atoms with van der Waals surface area (Å²) in [5.41, 5.74) is 0.527. The lowest BCUT2D eigenvalue weighted by Crippen LogP contribution is -2.11. The zero-order valence-electron chi connectivity index (χ0n) is 14.4. The van der Waals surface area contributed by atoms with Gasteiger partial charge in [0.15, 0.2) is 0 Å². The van der Waals surface area contributed by atoms with E-state index in [2.05, 4.69) is 4.74 Å². The molecule has 0 aromatic heterocycles. The third-order valence-corrected chi connectivity index (χ3v) is 4.96. The molecule has 0 aliphatic carbocycles. The third kappa shape index (κ3) is 7.96. The number of hydrogen-bond acceptors (Lipinski definition) is 5. The minimum absolute atomic E-state index is 0.152. The second-order valence-corrected chi connectivity index (χ2v) is 6.76. The summed E-state index contributed by atoms with van der Waals surface area (Å²) in [5, 5.41) is 8.68. The Morgan fingerprint density at radius 1 is 1.00 bits per heavy atom. The summed E-state index contributed by atoms with van der Waals surface area (Å²) in [6, 6.07) is 13.0. The predicted octanol–water partition coefficient (Wildman–Crippen LogP) is 5.23. The summed E-state index contributed by atoms with van der Waals surface area (Å²) >= 11 is 2.01. The number of aromatic carboxylic acids is 1. The average Bonchev–Trinajstić information content (AvgIpc) is 2.65. The maximum absolute atomic E-state index is 12.0. The fourth-order valence-electron chi connectivity index (χ4n) is 1.85. The van der Waals surface area contributed by atoms with Crippen LogP contribution in [0.15, 0.2) is 58.3 Å². The minimum Gasteiger partial charge on any atom is -0.478 e. The number of benzene rings is 2. The van der Waals surface area contributed by atoms with Crippen molar-refractivity contribution in [3.63, 3.8) is 0 Å². The molecule has 0 aliphatic heterocycles. The number of alkyl halides is 3. The molecule has 2 aromatic rings. The molecule has 2 rings (SSSR count). The number of ether oxygens (including phenoxy) is 1. The van der Waals surface area contributed by atoms with E-state index < -0.39 is 23.9 Å². The number of esters is 1. The van der Waals surface area contributed by atoms with Gasteiger partial charge >= 0.3 is 18.1 Å². The van der Waals surface area contributed by atoms with Crippen LogP contribution in [0.3, 0.4) is 0 Å². The van der Waals surface area contributed by atoms with Gasteiger partial charge in [-0.15, -0.1) is 23.5 Å². The predicted molar refractivity (Wildman–Crippen MR) is 99.7 cm³/mol. The number of carboxylic acid groups (broad SMARTS) is 1. The number of carboxylic acids is 1. The van der Waals surface area contributed by atoms with Gasteiger partial charge in [-0.2, -0.15) is 13.2 Å². The molecule has 0 saturated heterocycles. The lowest BCUT2D eigenvalue weighted by Gasteiger charge is -2.08. The molecule has 0 radical (unpaired) electrons. The van der Waals surface area contributed by atoms with E-state index in [0.717, 1.165) is 4.90 Å². The number of hydrogen-bond donors (Lipinski definition) is 1. The van der Waals surface area contributed by atoms with Crippen molar-refractivity contribution in [2.45, 2.75) is 16.0 Å². The maximum Gasteiger partial charge on any atom is 0.398 e. The Morgan fingerprint density at radius 2 is 1.52 bits per heavy atom. The SMILES string of the molecule is COC(=O)c1ccccc1SCC(F)(F)F.CSc1ccccc1C(=O)O. The van der Waals surface area contributed by atoms with Gasteiger partial charge in [0.25, 0.3) is 0 Å². The first-order chi connectivity index (χ1) is 12.7. The molecule has 0 heterocycles. The van der Waals surface area contributed by atoms with Crippen molar-refractivity contribution in [2.24, 2.45) is 0 Å². The van der Waals surface area contributed by atoms with E-state index in [1.165, 1.54) is 31.0 Å². The molecule has 146 valence electrons. The largest absolute Gasteiger partial charge is 0.478 e. The van der Waals surface area contributed by atoms with Crippen molar-refractivity contribution in [2.75, 3.05) is 19.1 Å². The van der Waals surface area contributed by atoms with Crippen molar-refractivity contribution in [1.29, 1.82) is 0 Å². The first-order valence-corrected chi connectivity index (χ1v) is 9.63. The normalized spacial score (nSPS) is 10.6. The van der Waals surface area contributed by atoms with Gasteiger partial charge in [-0.1, -0.05) is 24.3 Å². The lowest BCUT2D eigenvalue weighted by atomic mass is 10.2. The van der Waals surface area contributed by atoms with Gasteiger partial charge in [-0.3, -0.25) is 0 Å². The highest BCUT2D eigenvalue weighted by Crippen LogP contribution is 2.29. The molecule has 0 fully saturated rings. The summed E-state index contributed by atoms with van der Waals surface area (Å²) in [6.07, 6.45) is -2.39. The van der Waals surface area contributed by atoms with Crippen molar-refractivity contribution < 1.29 is 32.6 Å². The number of thioether (sulfide) groups is 2. The Hall–Kier alpha value is -2.13. The maximum atomic E-state index is 12.0. The molecule has 0 spiro atoms. The van der Waals surface area contributed by atoms with Crippen molar-refractivity contribution in [1.82, 2.24) is 0 Å². The van der Waals surface area contributed by atoms with E-state index in [-0.39, 0.29) is 10.5 Å². The number of rotatable bonds is 5. The number of methoxy groups -OCH3 is 1. The fourth-order valence-corrected chi connectivity index (χ4v) is 3.24. The monoisotopic (exact) mass is 418 g/mol. The van der Waals surface area contributed by atoms with Crippen LogP contribution in [0.2, 0.25) is 0 Å². The van der Waals surface area contributed by atoms with Crippen LogP contribution >= 0.6 is 23.5 Å². The Morgan fingerprint density at radius 3 is 1.96 bits per heavy atom. The molecule has 0 bridgehead atoms. The lowest BCUT2D eigenvalue weighted by molar-refractivity contribution is -0.105. The average molecular weight is 418 g/mol. The van der Waals surface area contributed by atoms with E-state index in [0.29, 0.717) is 17.3 Å². The fraction of sp³-hybridized carbons (Fsp3) is 0.222. The minimum atomic E-state index is -4.26. The van der Waals surface area contributed by atoms with Crippen molar-refractivity contribution >= 4 is 35.5 Å². The third-order valence-electron chi connectivity index (χ3n) is 3.02. The van der Waals surface area contributed by atoms with Crippen LogP contribution < -0.4 is 0 Å². The Bertz CT molecular complexity index is 779. The number of carbonyl (C=O) groups is 2. The molecule has 0 aliphatic rings. The van der Waals surface area contributed by atoms with Crippen LogP contribution in [0, 0.1) is 0 Å². The molecular weight excluding hydrogens is 401 g/mol. The molecule has 0 unspecified atom stereocenters. The van der Waals surface area contributed by atoms with Crippen LogP contribution in [0.5, 0.6) is 0 Å². The van der Waals surface area contributed by atoms with Gasteiger partial charge in [0.05, 0.1) is 24.0 Å². The second-order valence-electron chi connectivity index (χ2n) is 4.90. The topological polar surface area (TPSA) is 63.6 Å². The highest BCUT2D eigenvalue weighted by atomic mass is 32.2. The number of carbonyl (C=O) groups excluding carboxylic acids is 1. The van der Waals surface area contributed by atoms with Crippen molar-refractivity contribution in [3.8, 4) is 0 Å². The standard InChI is InChI=1S/C10H9F3O2S.C8H8O2S/c1-15-9(14)7-4-2-3-5-8(7)16-6-10(11,12)13;1-11-7-5-3-2-4-6(7)8(9)10/h2-5H,6H2,1H3;2-5H,1H3,(H,9,10). The summed E-state index contributed by atoms with van der Waals surface area (Å²) in [6.45, 7) is 0. The highest BCUT2D eigenvalue weighted by Gasteiger charge is 2.28. The number of halogens is 3. The van der Waals surface area contributed by atoms with Crippen LogP contribution in [-0.4, -0.2) is 42.3 Å². The summed E-state index contributed by atoms with van der Waals surface area (Å²) in [5.74, 6) is -2.53. The Kier molecular flexibility index (Phi) is 9.23. The summed E-state index contributed by atoms with van der Waals surface area (Å²) in [4.78, 5) is 22.9. The first kappa shape index (κ1) is 22.9. The summed E-state index contributed by atoms with van der Waals surface area (Å²) < 4.78 is 40.5. The van der Waals surface area contributed by atoms with Gasteiger partial charge in [0.2, 0.25) is 0 Å². The van der Waals surface area contributed by atoms with Crippen LogP contribution in [-0.2, 0) is 4.74 Å². The van der Waals surface area contributed by atoms with Gasteiger partial charge < -0.3 is 9.84 Å². The van der Waals surface area contributed by atoms with Gasteiger partial charge in [0.1, 0.15) is 0 Å². The quantitative estimate of drug-likeness (QED) is 0.530. The summed E-state index contributed by atoms with van der Waals surface area (Å²) in [7, 11) is 1.19. The molecular formula is C18H17F3O4S2. The zero-order valence-corrected chi connectivity index (χ0v) is 16.1. The molecule has 2 aromatic carbocycles. The first-order valence-electron chi connectivity index (χ1n) is 7.42. The smallest absolute Gasteiger partial charge is 0.398 e. The van der Waals surface area contributed by atoms with E-state index >= 15 is 0 Å². The molecule has 1 N–H and O–H groups in total. The molecule has 0 amide bonds. The van der Waals surface area contributed by atoms with Gasteiger partial charge in [-0.05, 0) is 30.5 Å². The molecule has 0 atom stereocenters. The van der Waals surface area contributed by atoms with E-state index in [1.807, 2.05) is 12.3 Å². The Labute approximate surface area is 163 Å². The van der Waals surface area contributed by atoms with Crippen LogP contribution in [0.4, 0.5) is 13.2 Å². The zero-order chi connectivity index (χ0) is 20.4. The Balaban J connectivity index is 0.000000289. The van der Waals surface area contributed by atoms with Gasteiger partial charge in [-0.25, -0.2) is 9.59 Å². The van der Waals surface area contributed by atoms with E-state index in [9.17, 15) is 22.8 Å². The van der Waals surface area contributed by atoms with Gasteiger partial charge in [0, 0.05) is 9.79 Å². The highest BCUT2D eigenvalue weighted by molar-refractivity contribution is 7.99. The van der Waals surface area contributed by atoms with Crippen LogP contribution in [0.25, 0.3) is 0 Å². The van der Waals surface area contributed by atoms with E-state index in [1.54, 1.807) is 30.3 Å².